The highest BCUT2D eigenvalue weighted by atomic mass is 16.3. The maximum atomic E-state index is 10.2. The van der Waals surface area contributed by atoms with E-state index in [1.54, 1.807) is 0 Å². The number of hydrogen-bond acceptors (Lipinski definition) is 3. The summed E-state index contributed by atoms with van der Waals surface area (Å²) < 4.78 is 0. The van der Waals surface area contributed by atoms with Gasteiger partial charge in [-0.05, 0) is 44.8 Å². The van der Waals surface area contributed by atoms with Crippen molar-refractivity contribution < 1.29 is 5.11 Å². The summed E-state index contributed by atoms with van der Waals surface area (Å²) in [4.78, 5) is 2.54. The number of aliphatic hydroxyl groups is 1. The number of likely N-dealkylation sites (tertiary alicyclic amines) is 1. The van der Waals surface area contributed by atoms with Crippen molar-refractivity contribution in [1.29, 1.82) is 0 Å². The molecule has 0 radical (unpaired) electrons. The first-order chi connectivity index (χ1) is 10.2. The molecule has 1 aliphatic rings. The molecule has 2 atom stereocenters. The third-order valence-electron chi connectivity index (χ3n) is 4.72. The molecular weight excluding hydrogens is 260 g/mol. The van der Waals surface area contributed by atoms with E-state index in [0.717, 1.165) is 26.1 Å². The Kier molecular flexibility index (Phi) is 6.22. The number of hydrogen-bond donors (Lipinski definition) is 2. The molecule has 1 heterocycles. The highest BCUT2D eigenvalue weighted by Gasteiger charge is 2.34. The SMILES string of the molecule is CCCNC(CO)(CN1CCCCC1C)c1ccccc1. The van der Waals surface area contributed by atoms with E-state index in [4.69, 9.17) is 0 Å². The van der Waals surface area contributed by atoms with Crippen molar-refractivity contribution in [2.24, 2.45) is 0 Å². The Balaban J connectivity index is 2.21. The third-order valence-corrected chi connectivity index (χ3v) is 4.72. The van der Waals surface area contributed by atoms with E-state index in [0.29, 0.717) is 6.04 Å². The molecule has 0 spiro atoms. The third kappa shape index (κ3) is 4.06. The molecule has 1 aliphatic heterocycles. The van der Waals surface area contributed by atoms with E-state index in [-0.39, 0.29) is 12.1 Å². The van der Waals surface area contributed by atoms with Gasteiger partial charge in [0.1, 0.15) is 0 Å². The monoisotopic (exact) mass is 290 g/mol. The summed E-state index contributed by atoms with van der Waals surface area (Å²) in [6.45, 7) is 7.58. The summed E-state index contributed by atoms with van der Waals surface area (Å²) in [5.74, 6) is 0. The highest BCUT2D eigenvalue weighted by molar-refractivity contribution is 5.25. The van der Waals surface area contributed by atoms with Gasteiger partial charge in [-0.1, -0.05) is 43.7 Å². The number of benzene rings is 1. The molecule has 1 fully saturated rings. The van der Waals surface area contributed by atoms with Crippen molar-refractivity contribution in [2.75, 3.05) is 26.2 Å². The van der Waals surface area contributed by atoms with Gasteiger partial charge in [0.05, 0.1) is 12.1 Å². The zero-order valence-corrected chi connectivity index (χ0v) is 13.5. The maximum absolute atomic E-state index is 10.2. The molecule has 2 rings (SSSR count). The maximum Gasteiger partial charge on any atom is 0.0797 e. The van der Waals surface area contributed by atoms with Crippen LogP contribution in [-0.2, 0) is 5.54 Å². The van der Waals surface area contributed by atoms with Crippen molar-refractivity contribution in [1.82, 2.24) is 10.2 Å². The summed E-state index contributed by atoms with van der Waals surface area (Å²) in [6.07, 6.45) is 4.94. The molecule has 1 saturated heterocycles. The Morgan fingerprint density at radius 2 is 2.05 bits per heavy atom. The van der Waals surface area contributed by atoms with Crippen LogP contribution in [-0.4, -0.2) is 42.3 Å². The van der Waals surface area contributed by atoms with Crippen LogP contribution < -0.4 is 5.32 Å². The lowest BCUT2D eigenvalue weighted by Gasteiger charge is -2.42. The molecule has 3 heteroatoms. The second-order valence-electron chi connectivity index (χ2n) is 6.35. The van der Waals surface area contributed by atoms with Gasteiger partial charge in [0.2, 0.25) is 0 Å². The average molecular weight is 290 g/mol. The largest absolute Gasteiger partial charge is 0.394 e. The number of nitrogens with zero attached hydrogens (tertiary/aromatic N) is 1. The molecule has 0 bridgehead atoms. The minimum atomic E-state index is -0.344. The van der Waals surface area contributed by atoms with Crippen LogP contribution in [0.15, 0.2) is 30.3 Å². The highest BCUT2D eigenvalue weighted by Crippen LogP contribution is 2.26. The molecule has 2 N–H and O–H groups in total. The minimum absolute atomic E-state index is 0.139. The van der Waals surface area contributed by atoms with Gasteiger partial charge >= 0.3 is 0 Å². The summed E-state index contributed by atoms with van der Waals surface area (Å²) >= 11 is 0. The second-order valence-corrected chi connectivity index (χ2v) is 6.35. The predicted molar refractivity (Wildman–Crippen MR) is 88.4 cm³/mol. The summed E-state index contributed by atoms with van der Waals surface area (Å²) in [5.41, 5.74) is 0.849. The van der Waals surface area contributed by atoms with Crippen molar-refractivity contribution >= 4 is 0 Å². The molecule has 0 amide bonds. The zero-order chi connectivity index (χ0) is 15.1. The molecule has 3 nitrogen and oxygen atoms in total. The van der Waals surface area contributed by atoms with E-state index in [9.17, 15) is 5.11 Å². The van der Waals surface area contributed by atoms with E-state index in [2.05, 4.69) is 48.3 Å². The predicted octanol–water partition coefficient (Wildman–Crippen LogP) is 2.75. The summed E-state index contributed by atoms with van der Waals surface area (Å²) in [7, 11) is 0. The molecule has 21 heavy (non-hydrogen) atoms. The minimum Gasteiger partial charge on any atom is -0.394 e. The van der Waals surface area contributed by atoms with Crippen molar-refractivity contribution in [3.63, 3.8) is 0 Å². The fraction of sp³-hybridized carbons (Fsp3) is 0.667. The standard InChI is InChI=1S/C18H30N2O/c1-3-12-19-18(15-21,17-10-5-4-6-11-17)14-20-13-8-7-9-16(20)2/h4-6,10-11,16,19,21H,3,7-9,12-15H2,1-2H3. The molecular formula is C18H30N2O. The first-order valence-electron chi connectivity index (χ1n) is 8.37. The number of rotatable bonds is 7. The van der Waals surface area contributed by atoms with Crippen LogP contribution in [0.25, 0.3) is 0 Å². The van der Waals surface area contributed by atoms with Crippen LogP contribution in [0.1, 0.15) is 45.1 Å². The number of nitrogens with one attached hydrogen (secondary N) is 1. The van der Waals surface area contributed by atoms with E-state index in [1.807, 2.05) is 6.07 Å². The Labute approximate surface area is 129 Å². The Bertz CT molecular complexity index is 409. The fourth-order valence-corrected chi connectivity index (χ4v) is 3.31. The van der Waals surface area contributed by atoms with Gasteiger partial charge in [-0.3, -0.25) is 4.90 Å². The lowest BCUT2D eigenvalue weighted by Crippen LogP contribution is -2.56. The van der Waals surface area contributed by atoms with Crippen molar-refractivity contribution in [3.8, 4) is 0 Å². The summed E-state index contributed by atoms with van der Waals surface area (Å²) in [6, 6.07) is 11.0. The molecule has 1 aromatic rings. The molecule has 0 aromatic heterocycles. The average Bonchev–Trinajstić information content (AvgIpc) is 2.54. The molecule has 0 aliphatic carbocycles. The number of aliphatic hydroxyl groups excluding tert-OH is 1. The quantitative estimate of drug-likeness (QED) is 0.810. The number of piperidine rings is 1. The Hall–Kier alpha value is -0.900. The van der Waals surface area contributed by atoms with Crippen LogP contribution in [0.5, 0.6) is 0 Å². The zero-order valence-electron chi connectivity index (χ0n) is 13.5. The van der Waals surface area contributed by atoms with Crippen LogP contribution in [0.4, 0.5) is 0 Å². The van der Waals surface area contributed by atoms with Gasteiger partial charge in [0.25, 0.3) is 0 Å². The normalized spacial score (nSPS) is 22.9. The van der Waals surface area contributed by atoms with Crippen LogP contribution in [0.2, 0.25) is 0 Å². The molecule has 1 aromatic carbocycles. The van der Waals surface area contributed by atoms with Crippen LogP contribution >= 0.6 is 0 Å². The van der Waals surface area contributed by atoms with Gasteiger partial charge in [-0.15, -0.1) is 0 Å². The first-order valence-corrected chi connectivity index (χ1v) is 8.37. The van der Waals surface area contributed by atoms with Gasteiger partial charge < -0.3 is 10.4 Å². The van der Waals surface area contributed by atoms with Crippen LogP contribution in [0, 0.1) is 0 Å². The lowest BCUT2D eigenvalue weighted by atomic mass is 9.88. The Morgan fingerprint density at radius 1 is 1.29 bits per heavy atom. The molecule has 118 valence electrons. The van der Waals surface area contributed by atoms with E-state index < -0.39 is 0 Å². The molecule has 0 saturated carbocycles. The lowest BCUT2D eigenvalue weighted by molar-refractivity contribution is 0.0699. The van der Waals surface area contributed by atoms with Gasteiger partial charge in [-0.2, -0.15) is 0 Å². The topological polar surface area (TPSA) is 35.5 Å². The molecule has 2 unspecified atom stereocenters. The van der Waals surface area contributed by atoms with E-state index in [1.165, 1.54) is 24.8 Å². The fourth-order valence-electron chi connectivity index (χ4n) is 3.31. The van der Waals surface area contributed by atoms with E-state index >= 15 is 0 Å². The smallest absolute Gasteiger partial charge is 0.0797 e. The van der Waals surface area contributed by atoms with Crippen molar-refractivity contribution in [2.45, 2.75) is 51.1 Å². The summed E-state index contributed by atoms with van der Waals surface area (Å²) in [5, 5.41) is 13.8. The van der Waals surface area contributed by atoms with Gasteiger partial charge in [0.15, 0.2) is 0 Å². The van der Waals surface area contributed by atoms with Gasteiger partial charge in [0, 0.05) is 12.6 Å². The second kappa shape index (κ2) is 7.92. The van der Waals surface area contributed by atoms with Crippen molar-refractivity contribution in [3.05, 3.63) is 35.9 Å². The van der Waals surface area contributed by atoms with Gasteiger partial charge in [-0.25, -0.2) is 0 Å². The van der Waals surface area contributed by atoms with Crippen LogP contribution in [0.3, 0.4) is 0 Å². The first kappa shape index (κ1) is 16.5. The Morgan fingerprint density at radius 3 is 2.67 bits per heavy atom.